The second-order valence-electron chi connectivity index (χ2n) is 4.64. The minimum Gasteiger partial charge on any atom is -0.496 e. The van der Waals surface area contributed by atoms with Crippen LogP contribution in [0.3, 0.4) is 0 Å². The number of halogens is 1. The fraction of sp³-hybridized carbons (Fsp3) is 0.294. The summed E-state index contributed by atoms with van der Waals surface area (Å²) in [6.07, 6.45) is 2.27. The molecule has 0 amide bonds. The first kappa shape index (κ1) is 14.9. The van der Waals surface area contributed by atoms with Crippen LogP contribution in [0.25, 0.3) is 0 Å². The standard InChI is InChI=1S/C17H19BrO2/c1-3-4-13-5-8-16(9-6-13)20-12-14-11-15(18)7-10-17(14)19-2/h5-11H,3-4,12H2,1-2H3. The lowest BCUT2D eigenvalue weighted by Crippen LogP contribution is -1.99. The van der Waals surface area contributed by atoms with Crippen molar-refractivity contribution in [2.75, 3.05) is 7.11 Å². The minimum absolute atomic E-state index is 0.496. The second-order valence-corrected chi connectivity index (χ2v) is 5.55. The Morgan fingerprint density at radius 2 is 1.80 bits per heavy atom. The number of methoxy groups -OCH3 is 1. The zero-order valence-corrected chi connectivity index (χ0v) is 13.4. The molecule has 2 aromatic rings. The predicted molar refractivity (Wildman–Crippen MR) is 85.5 cm³/mol. The van der Waals surface area contributed by atoms with Crippen molar-refractivity contribution < 1.29 is 9.47 Å². The third kappa shape index (κ3) is 4.01. The maximum atomic E-state index is 5.82. The Morgan fingerprint density at radius 1 is 1.05 bits per heavy atom. The van der Waals surface area contributed by atoms with E-state index in [1.54, 1.807) is 7.11 Å². The maximum Gasteiger partial charge on any atom is 0.125 e. The Hall–Kier alpha value is -1.48. The first-order chi connectivity index (χ1) is 9.72. The van der Waals surface area contributed by atoms with Crippen LogP contribution in [0.1, 0.15) is 24.5 Å². The molecule has 0 radical (unpaired) electrons. The first-order valence-corrected chi connectivity index (χ1v) is 7.56. The second kappa shape index (κ2) is 7.34. The number of hydrogen-bond donors (Lipinski definition) is 0. The number of hydrogen-bond acceptors (Lipinski definition) is 2. The molecule has 0 spiro atoms. The predicted octanol–water partition coefficient (Wildman–Crippen LogP) is 4.99. The molecule has 3 heteroatoms. The zero-order valence-electron chi connectivity index (χ0n) is 11.9. The summed E-state index contributed by atoms with van der Waals surface area (Å²) in [6.45, 7) is 2.68. The number of ether oxygens (including phenoxy) is 2. The van der Waals surface area contributed by atoms with E-state index in [2.05, 4.69) is 35.0 Å². The van der Waals surface area contributed by atoms with Crippen molar-refractivity contribution in [3.8, 4) is 11.5 Å². The van der Waals surface area contributed by atoms with E-state index >= 15 is 0 Å². The third-order valence-electron chi connectivity index (χ3n) is 3.10. The quantitative estimate of drug-likeness (QED) is 0.740. The van der Waals surface area contributed by atoms with E-state index in [0.717, 1.165) is 34.4 Å². The van der Waals surface area contributed by atoms with Gasteiger partial charge in [0.25, 0.3) is 0 Å². The largest absolute Gasteiger partial charge is 0.496 e. The van der Waals surface area contributed by atoms with Crippen LogP contribution < -0.4 is 9.47 Å². The van der Waals surface area contributed by atoms with Crippen molar-refractivity contribution >= 4 is 15.9 Å². The van der Waals surface area contributed by atoms with E-state index in [1.165, 1.54) is 5.56 Å². The Bertz CT molecular complexity index is 549. The first-order valence-electron chi connectivity index (χ1n) is 6.77. The summed E-state index contributed by atoms with van der Waals surface area (Å²) >= 11 is 3.47. The average Bonchev–Trinajstić information content (AvgIpc) is 2.47. The van der Waals surface area contributed by atoms with Gasteiger partial charge in [0, 0.05) is 10.0 Å². The van der Waals surface area contributed by atoms with Gasteiger partial charge in [-0.1, -0.05) is 41.4 Å². The molecule has 2 aromatic carbocycles. The Morgan fingerprint density at radius 3 is 2.45 bits per heavy atom. The molecule has 106 valence electrons. The van der Waals surface area contributed by atoms with Crippen LogP contribution in [0, 0.1) is 0 Å². The molecule has 2 rings (SSSR count). The van der Waals surface area contributed by atoms with Crippen molar-refractivity contribution in [1.82, 2.24) is 0 Å². The van der Waals surface area contributed by atoms with Crippen LogP contribution in [0.5, 0.6) is 11.5 Å². The van der Waals surface area contributed by atoms with E-state index in [1.807, 2.05) is 30.3 Å². The van der Waals surface area contributed by atoms with Crippen LogP contribution in [0.2, 0.25) is 0 Å². The molecule has 0 saturated carbocycles. The summed E-state index contributed by atoms with van der Waals surface area (Å²) in [6, 6.07) is 14.2. The van der Waals surface area contributed by atoms with E-state index in [4.69, 9.17) is 9.47 Å². The fourth-order valence-corrected chi connectivity index (χ4v) is 2.47. The summed E-state index contributed by atoms with van der Waals surface area (Å²) in [7, 11) is 1.67. The molecule has 0 saturated heterocycles. The molecule has 0 bridgehead atoms. The van der Waals surface area contributed by atoms with Crippen molar-refractivity contribution in [2.24, 2.45) is 0 Å². The Labute approximate surface area is 128 Å². The Balaban J connectivity index is 2.02. The lowest BCUT2D eigenvalue weighted by molar-refractivity contribution is 0.296. The van der Waals surface area contributed by atoms with Crippen LogP contribution in [-0.2, 0) is 13.0 Å². The van der Waals surface area contributed by atoms with E-state index < -0.39 is 0 Å². The SMILES string of the molecule is CCCc1ccc(OCc2cc(Br)ccc2OC)cc1. The van der Waals surface area contributed by atoms with E-state index in [9.17, 15) is 0 Å². The van der Waals surface area contributed by atoms with Crippen molar-refractivity contribution in [1.29, 1.82) is 0 Å². The van der Waals surface area contributed by atoms with Gasteiger partial charge in [0.05, 0.1) is 7.11 Å². The highest BCUT2D eigenvalue weighted by Crippen LogP contribution is 2.24. The highest BCUT2D eigenvalue weighted by atomic mass is 79.9. The highest BCUT2D eigenvalue weighted by Gasteiger charge is 2.05. The molecular weight excluding hydrogens is 316 g/mol. The lowest BCUT2D eigenvalue weighted by atomic mass is 10.1. The minimum atomic E-state index is 0.496. The summed E-state index contributed by atoms with van der Waals surface area (Å²) in [5, 5.41) is 0. The highest BCUT2D eigenvalue weighted by molar-refractivity contribution is 9.10. The molecular formula is C17H19BrO2. The van der Waals surface area contributed by atoms with Gasteiger partial charge in [-0.2, -0.15) is 0 Å². The van der Waals surface area contributed by atoms with Gasteiger partial charge >= 0.3 is 0 Å². The molecule has 2 nitrogen and oxygen atoms in total. The number of benzene rings is 2. The van der Waals surface area contributed by atoms with Gasteiger partial charge in [-0.15, -0.1) is 0 Å². The van der Waals surface area contributed by atoms with Gasteiger partial charge in [-0.05, 0) is 42.3 Å². The molecule has 0 unspecified atom stereocenters. The van der Waals surface area contributed by atoms with Gasteiger partial charge in [0.15, 0.2) is 0 Å². The lowest BCUT2D eigenvalue weighted by Gasteiger charge is -2.11. The number of aryl methyl sites for hydroxylation is 1. The van der Waals surface area contributed by atoms with Crippen LogP contribution >= 0.6 is 15.9 Å². The summed E-state index contributed by atoms with van der Waals surface area (Å²) in [5.74, 6) is 1.72. The van der Waals surface area contributed by atoms with Gasteiger partial charge in [0.2, 0.25) is 0 Å². The normalized spacial score (nSPS) is 10.3. The molecule has 20 heavy (non-hydrogen) atoms. The molecule has 0 heterocycles. The molecule has 0 aliphatic rings. The molecule has 0 aromatic heterocycles. The molecule has 0 atom stereocenters. The molecule has 0 aliphatic carbocycles. The average molecular weight is 335 g/mol. The van der Waals surface area contributed by atoms with Gasteiger partial charge in [-0.25, -0.2) is 0 Å². The maximum absolute atomic E-state index is 5.82. The zero-order chi connectivity index (χ0) is 14.4. The monoisotopic (exact) mass is 334 g/mol. The van der Waals surface area contributed by atoms with E-state index in [-0.39, 0.29) is 0 Å². The van der Waals surface area contributed by atoms with Crippen LogP contribution in [0.4, 0.5) is 0 Å². The van der Waals surface area contributed by atoms with E-state index in [0.29, 0.717) is 6.61 Å². The van der Waals surface area contributed by atoms with Gasteiger partial charge in [-0.3, -0.25) is 0 Å². The van der Waals surface area contributed by atoms with Crippen molar-refractivity contribution in [2.45, 2.75) is 26.4 Å². The molecule has 0 fully saturated rings. The molecule has 0 N–H and O–H groups in total. The third-order valence-corrected chi connectivity index (χ3v) is 3.59. The summed E-state index contributed by atoms with van der Waals surface area (Å²) in [4.78, 5) is 0. The Kier molecular flexibility index (Phi) is 5.48. The fourth-order valence-electron chi connectivity index (χ4n) is 2.06. The van der Waals surface area contributed by atoms with Crippen molar-refractivity contribution in [3.63, 3.8) is 0 Å². The number of rotatable bonds is 6. The topological polar surface area (TPSA) is 18.5 Å². The molecule has 0 aliphatic heterocycles. The summed E-state index contributed by atoms with van der Waals surface area (Å²) in [5.41, 5.74) is 2.37. The van der Waals surface area contributed by atoms with Crippen LogP contribution in [0.15, 0.2) is 46.9 Å². The van der Waals surface area contributed by atoms with Gasteiger partial charge in [0.1, 0.15) is 18.1 Å². The van der Waals surface area contributed by atoms with Crippen molar-refractivity contribution in [3.05, 3.63) is 58.1 Å². The summed E-state index contributed by atoms with van der Waals surface area (Å²) < 4.78 is 12.2. The smallest absolute Gasteiger partial charge is 0.125 e. The van der Waals surface area contributed by atoms with Crippen LogP contribution in [-0.4, -0.2) is 7.11 Å². The van der Waals surface area contributed by atoms with Gasteiger partial charge < -0.3 is 9.47 Å².